The number of ether oxygens (including phenoxy) is 1. The van der Waals surface area contributed by atoms with Crippen LogP contribution >= 0.6 is 34.8 Å². The summed E-state index contributed by atoms with van der Waals surface area (Å²) in [5.74, 6) is -2.46. The van der Waals surface area contributed by atoms with E-state index in [1.807, 2.05) is 0 Å². The van der Waals surface area contributed by atoms with Gasteiger partial charge in [-0.25, -0.2) is 4.79 Å². The summed E-state index contributed by atoms with van der Waals surface area (Å²) in [5.41, 5.74) is 1.55. The number of carbonyl (C=O) groups is 3. The van der Waals surface area contributed by atoms with E-state index < -0.39 is 24.1 Å². The maximum Gasteiger partial charge on any atom is 0.374 e. The van der Waals surface area contributed by atoms with Crippen molar-refractivity contribution in [3.05, 3.63) is 68.7 Å². The number of nitrogens with zero attached hydrogens (tertiary/aromatic N) is 1. The van der Waals surface area contributed by atoms with Crippen LogP contribution in [0.2, 0.25) is 15.1 Å². The van der Waals surface area contributed by atoms with Crippen LogP contribution in [0, 0.1) is 0 Å². The number of hydrogen-bond acceptors (Lipinski definition) is 4. The van der Waals surface area contributed by atoms with Crippen molar-refractivity contribution in [3.63, 3.8) is 0 Å². The highest BCUT2D eigenvalue weighted by Crippen LogP contribution is 2.24. The summed E-state index contributed by atoms with van der Waals surface area (Å²) in [6.45, 7) is 0.414. The Kier molecular flexibility index (Phi) is 7.66. The minimum atomic E-state index is -1.05. The minimum absolute atomic E-state index is 0.187. The number of halogens is 3. The van der Waals surface area contributed by atoms with Crippen LogP contribution in [0.15, 0.2) is 42.5 Å². The summed E-state index contributed by atoms with van der Waals surface area (Å²) in [6, 6.07) is 12.0. The van der Waals surface area contributed by atoms with Crippen molar-refractivity contribution in [3.8, 4) is 0 Å². The standard InChI is InChI=1S/C19H16Cl3NO4/c1-27-19(26)17(24)9-18(25)23(10-12-2-5-14(20)6-3-12)11-13-4-7-15(21)16(22)8-13/h2-8H,9-11H2,1H3. The van der Waals surface area contributed by atoms with Gasteiger partial charge in [0, 0.05) is 18.1 Å². The lowest BCUT2D eigenvalue weighted by Crippen LogP contribution is -2.33. The van der Waals surface area contributed by atoms with Gasteiger partial charge in [-0.1, -0.05) is 53.0 Å². The van der Waals surface area contributed by atoms with Gasteiger partial charge in [0.2, 0.25) is 11.7 Å². The Bertz CT molecular complexity index is 853. The van der Waals surface area contributed by atoms with Crippen LogP contribution in [0.1, 0.15) is 17.5 Å². The number of Topliss-reactive ketones (excluding diaryl/α,β-unsaturated/α-hetero) is 1. The highest BCUT2D eigenvalue weighted by atomic mass is 35.5. The van der Waals surface area contributed by atoms with E-state index in [0.29, 0.717) is 15.1 Å². The number of amides is 1. The second kappa shape index (κ2) is 9.74. The lowest BCUT2D eigenvalue weighted by molar-refractivity contribution is -0.153. The fourth-order valence-electron chi connectivity index (χ4n) is 2.34. The molecular formula is C19H16Cl3NO4. The Hall–Kier alpha value is -2.08. The Morgan fingerprint density at radius 3 is 2.07 bits per heavy atom. The first kappa shape index (κ1) is 21.2. The summed E-state index contributed by atoms with van der Waals surface area (Å²) in [5, 5.41) is 1.33. The fraction of sp³-hybridized carbons (Fsp3) is 0.211. The molecule has 0 unspecified atom stereocenters. The van der Waals surface area contributed by atoms with Crippen LogP contribution in [0.25, 0.3) is 0 Å². The Morgan fingerprint density at radius 1 is 0.889 bits per heavy atom. The molecule has 0 aliphatic rings. The lowest BCUT2D eigenvalue weighted by Gasteiger charge is -2.23. The third-order valence-electron chi connectivity index (χ3n) is 3.72. The average Bonchev–Trinajstić information content (AvgIpc) is 2.65. The molecule has 0 bridgehead atoms. The first-order valence-electron chi connectivity index (χ1n) is 7.87. The quantitative estimate of drug-likeness (QED) is 0.374. The van der Waals surface area contributed by atoms with Gasteiger partial charge in [-0.3, -0.25) is 9.59 Å². The van der Waals surface area contributed by atoms with Gasteiger partial charge >= 0.3 is 5.97 Å². The van der Waals surface area contributed by atoms with Crippen molar-refractivity contribution < 1.29 is 19.1 Å². The first-order valence-corrected chi connectivity index (χ1v) is 9.01. The van der Waals surface area contributed by atoms with Crippen LogP contribution in [0.3, 0.4) is 0 Å². The van der Waals surface area contributed by atoms with Crippen molar-refractivity contribution in [1.82, 2.24) is 4.90 Å². The van der Waals surface area contributed by atoms with Crippen molar-refractivity contribution in [2.24, 2.45) is 0 Å². The second-order valence-electron chi connectivity index (χ2n) is 5.72. The molecule has 0 N–H and O–H groups in total. The van der Waals surface area contributed by atoms with E-state index in [9.17, 15) is 14.4 Å². The molecule has 8 heteroatoms. The number of methoxy groups -OCH3 is 1. The maximum absolute atomic E-state index is 12.6. The Balaban J connectivity index is 2.22. The van der Waals surface area contributed by atoms with E-state index in [1.165, 1.54) is 4.90 Å². The molecule has 0 aromatic heterocycles. The van der Waals surface area contributed by atoms with Crippen LogP contribution in [0.4, 0.5) is 0 Å². The minimum Gasteiger partial charge on any atom is -0.463 e. The van der Waals surface area contributed by atoms with Gasteiger partial charge in [0.25, 0.3) is 0 Å². The first-order chi connectivity index (χ1) is 12.8. The zero-order valence-electron chi connectivity index (χ0n) is 14.4. The molecule has 5 nitrogen and oxygen atoms in total. The molecular weight excluding hydrogens is 413 g/mol. The Labute approximate surface area is 171 Å². The highest BCUT2D eigenvalue weighted by Gasteiger charge is 2.23. The number of benzene rings is 2. The van der Waals surface area contributed by atoms with E-state index in [0.717, 1.165) is 18.2 Å². The summed E-state index contributed by atoms with van der Waals surface area (Å²) in [6.07, 6.45) is -0.582. The van der Waals surface area contributed by atoms with Crippen LogP contribution < -0.4 is 0 Å². The molecule has 27 heavy (non-hydrogen) atoms. The zero-order chi connectivity index (χ0) is 20.0. The third-order valence-corrected chi connectivity index (χ3v) is 4.71. The van der Waals surface area contributed by atoms with E-state index in [-0.39, 0.29) is 13.1 Å². The molecule has 0 fully saturated rings. The molecule has 2 aromatic carbocycles. The molecule has 0 atom stereocenters. The summed E-state index contributed by atoms with van der Waals surface area (Å²) in [7, 11) is 1.09. The van der Waals surface area contributed by atoms with Crippen LogP contribution in [-0.4, -0.2) is 29.7 Å². The molecule has 0 saturated heterocycles. The number of hydrogen-bond donors (Lipinski definition) is 0. The van der Waals surface area contributed by atoms with Crippen molar-refractivity contribution in [1.29, 1.82) is 0 Å². The third kappa shape index (κ3) is 6.24. The zero-order valence-corrected chi connectivity index (χ0v) is 16.6. The molecule has 0 spiro atoms. The van der Waals surface area contributed by atoms with Crippen molar-refractivity contribution >= 4 is 52.5 Å². The molecule has 1 amide bonds. The summed E-state index contributed by atoms with van der Waals surface area (Å²) >= 11 is 17.8. The highest BCUT2D eigenvalue weighted by molar-refractivity contribution is 6.42. The Morgan fingerprint density at radius 2 is 1.48 bits per heavy atom. The lowest BCUT2D eigenvalue weighted by atomic mass is 10.1. The van der Waals surface area contributed by atoms with Gasteiger partial charge < -0.3 is 9.64 Å². The van der Waals surface area contributed by atoms with E-state index in [4.69, 9.17) is 34.8 Å². The predicted octanol–water partition coefficient (Wildman–Crippen LogP) is 4.31. The van der Waals surface area contributed by atoms with Crippen molar-refractivity contribution in [2.45, 2.75) is 19.5 Å². The van der Waals surface area contributed by atoms with Gasteiger partial charge in [0.15, 0.2) is 0 Å². The number of carbonyl (C=O) groups excluding carboxylic acids is 3. The smallest absolute Gasteiger partial charge is 0.374 e. The second-order valence-corrected chi connectivity index (χ2v) is 6.97. The average molecular weight is 429 g/mol. The topological polar surface area (TPSA) is 63.7 Å². The normalized spacial score (nSPS) is 10.4. The van der Waals surface area contributed by atoms with E-state index >= 15 is 0 Å². The predicted molar refractivity (Wildman–Crippen MR) is 104 cm³/mol. The van der Waals surface area contributed by atoms with Gasteiger partial charge in [-0.05, 0) is 35.4 Å². The van der Waals surface area contributed by atoms with Crippen molar-refractivity contribution in [2.75, 3.05) is 7.11 Å². The summed E-state index contributed by atoms with van der Waals surface area (Å²) in [4.78, 5) is 37.1. The molecule has 0 saturated carbocycles. The number of rotatable bonds is 7. The monoisotopic (exact) mass is 427 g/mol. The SMILES string of the molecule is COC(=O)C(=O)CC(=O)N(Cc1ccc(Cl)cc1)Cc1ccc(Cl)c(Cl)c1. The molecule has 0 radical (unpaired) electrons. The maximum atomic E-state index is 12.6. The van der Waals surface area contributed by atoms with Gasteiger partial charge in [0.1, 0.15) is 0 Å². The number of ketones is 1. The fourth-order valence-corrected chi connectivity index (χ4v) is 2.78. The van der Waals surface area contributed by atoms with Gasteiger partial charge in [0.05, 0.1) is 23.6 Å². The molecule has 2 aromatic rings. The molecule has 0 aliphatic heterocycles. The van der Waals surface area contributed by atoms with Crippen LogP contribution in [0.5, 0.6) is 0 Å². The van der Waals surface area contributed by atoms with Gasteiger partial charge in [-0.15, -0.1) is 0 Å². The summed E-state index contributed by atoms with van der Waals surface area (Å²) < 4.78 is 4.37. The molecule has 142 valence electrons. The van der Waals surface area contributed by atoms with Gasteiger partial charge in [-0.2, -0.15) is 0 Å². The number of esters is 1. The molecule has 0 heterocycles. The molecule has 2 rings (SSSR count). The van der Waals surface area contributed by atoms with E-state index in [2.05, 4.69) is 4.74 Å². The van der Waals surface area contributed by atoms with Crippen LogP contribution in [-0.2, 0) is 32.2 Å². The molecule has 0 aliphatic carbocycles. The largest absolute Gasteiger partial charge is 0.463 e. The van der Waals surface area contributed by atoms with E-state index in [1.54, 1.807) is 42.5 Å².